The number of halogens is 1. The van der Waals surface area contributed by atoms with Gasteiger partial charge in [-0.15, -0.1) is 5.10 Å². The summed E-state index contributed by atoms with van der Waals surface area (Å²) in [7, 11) is 3.08. The molecule has 0 saturated carbocycles. The number of amides is 3. The Morgan fingerprint density at radius 1 is 1.10 bits per heavy atom. The van der Waals surface area contributed by atoms with Crippen LogP contribution in [-0.4, -0.2) is 64.5 Å². The summed E-state index contributed by atoms with van der Waals surface area (Å²) in [6, 6.07) is 15.9. The molecule has 1 fully saturated rings. The lowest BCUT2D eigenvalue weighted by Gasteiger charge is -2.31. The Morgan fingerprint density at radius 3 is 2.53 bits per heavy atom. The van der Waals surface area contributed by atoms with E-state index in [1.165, 1.54) is 11.9 Å². The van der Waals surface area contributed by atoms with E-state index in [9.17, 15) is 9.59 Å². The monoisotopic (exact) mass is 423 g/mol. The molecule has 30 heavy (non-hydrogen) atoms. The molecule has 4 rings (SSSR count). The summed E-state index contributed by atoms with van der Waals surface area (Å²) >= 11 is 6.17. The van der Waals surface area contributed by atoms with Crippen LogP contribution in [0.25, 0.3) is 0 Å². The van der Waals surface area contributed by atoms with Crippen LogP contribution in [0, 0.1) is 0 Å². The van der Waals surface area contributed by atoms with Gasteiger partial charge in [-0.1, -0.05) is 65.1 Å². The first-order chi connectivity index (χ1) is 14.5. The maximum atomic E-state index is 12.9. The van der Waals surface area contributed by atoms with Crippen LogP contribution < -0.4 is 5.43 Å². The zero-order valence-electron chi connectivity index (χ0n) is 16.5. The third kappa shape index (κ3) is 3.57. The van der Waals surface area contributed by atoms with Gasteiger partial charge in [0.15, 0.2) is 0 Å². The molecule has 9 heteroatoms. The van der Waals surface area contributed by atoms with E-state index in [0.717, 1.165) is 16.0 Å². The molecule has 3 amide bonds. The van der Waals surface area contributed by atoms with Gasteiger partial charge >= 0.3 is 12.0 Å². The second-order valence-corrected chi connectivity index (χ2v) is 7.35. The lowest BCUT2D eigenvalue weighted by molar-refractivity contribution is -0.553. The van der Waals surface area contributed by atoms with Gasteiger partial charge in [0.25, 0.3) is 5.91 Å². The minimum atomic E-state index is -0.712. The van der Waals surface area contributed by atoms with E-state index < -0.39 is 12.1 Å². The largest absolute Gasteiger partial charge is 0.414 e. The molecule has 1 saturated heterocycles. The van der Waals surface area contributed by atoms with E-state index in [4.69, 9.17) is 11.6 Å². The van der Waals surface area contributed by atoms with Crippen molar-refractivity contribution in [3.05, 3.63) is 70.7 Å². The van der Waals surface area contributed by atoms with E-state index in [2.05, 4.69) is 15.5 Å². The average Bonchev–Trinajstić information content (AvgIpc) is 3.11. The van der Waals surface area contributed by atoms with Crippen LogP contribution in [0.15, 0.2) is 64.7 Å². The average molecular weight is 424 g/mol. The van der Waals surface area contributed by atoms with Gasteiger partial charge in [-0.25, -0.2) is 9.37 Å². The Kier molecular flexibility index (Phi) is 5.33. The van der Waals surface area contributed by atoms with Crippen molar-refractivity contribution in [2.24, 2.45) is 10.1 Å². The molecule has 2 aliphatic rings. The molecule has 0 spiro atoms. The maximum Gasteiger partial charge on any atom is 0.414 e. The van der Waals surface area contributed by atoms with Crippen LogP contribution in [-0.2, 0) is 11.3 Å². The summed E-state index contributed by atoms with van der Waals surface area (Å²) < 4.78 is 1.80. The highest BCUT2D eigenvalue weighted by atomic mass is 35.5. The van der Waals surface area contributed by atoms with Gasteiger partial charge in [0.2, 0.25) is 11.9 Å². The van der Waals surface area contributed by atoms with Crippen LogP contribution in [0.5, 0.6) is 0 Å². The standard InChI is InChI=1S/C21H19ClN6O2/c1-26-18-17(19(29)27(2)21(26)30)28(13-14-8-4-3-5-9-14)20(24-18)25-23-12-15-10-6-7-11-16(15)22/h3-12,17H,13H2,1-2H3/p+1/b23-12+. The first-order valence-electron chi connectivity index (χ1n) is 9.32. The maximum absolute atomic E-state index is 12.9. The minimum Gasteiger partial charge on any atom is -0.270 e. The van der Waals surface area contributed by atoms with Crippen LogP contribution in [0.4, 0.5) is 4.79 Å². The van der Waals surface area contributed by atoms with Crippen molar-refractivity contribution in [1.82, 2.24) is 15.2 Å². The summed E-state index contributed by atoms with van der Waals surface area (Å²) in [6.45, 7) is 0.421. The van der Waals surface area contributed by atoms with Crippen molar-refractivity contribution in [2.75, 3.05) is 14.1 Å². The highest BCUT2D eigenvalue weighted by Gasteiger charge is 2.51. The highest BCUT2D eigenvalue weighted by molar-refractivity contribution is 6.33. The fourth-order valence-electron chi connectivity index (χ4n) is 3.37. The number of amidine groups is 1. The van der Waals surface area contributed by atoms with Gasteiger partial charge in [0, 0.05) is 24.7 Å². The van der Waals surface area contributed by atoms with Crippen LogP contribution in [0.3, 0.4) is 0 Å². The number of imide groups is 1. The number of urea groups is 1. The number of benzene rings is 2. The number of carbonyl (C=O) groups is 2. The molecule has 0 aliphatic carbocycles. The molecule has 0 aromatic heterocycles. The summed E-state index contributed by atoms with van der Waals surface area (Å²) in [6.07, 6.45) is 1.58. The van der Waals surface area contributed by atoms with Crippen molar-refractivity contribution in [1.29, 1.82) is 0 Å². The Labute approximate surface area is 178 Å². The van der Waals surface area contributed by atoms with E-state index in [1.807, 2.05) is 48.5 Å². The molecule has 2 heterocycles. The van der Waals surface area contributed by atoms with Crippen molar-refractivity contribution >= 4 is 41.5 Å². The van der Waals surface area contributed by atoms with E-state index in [0.29, 0.717) is 23.4 Å². The molecule has 2 aliphatic heterocycles. The summed E-state index contributed by atoms with van der Waals surface area (Å²) in [5.74, 6) is 0.416. The second-order valence-electron chi connectivity index (χ2n) is 6.94. The second kappa shape index (κ2) is 8.08. The van der Waals surface area contributed by atoms with Crippen molar-refractivity contribution < 1.29 is 14.2 Å². The number of fused-ring (bicyclic) bond motifs is 1. The SMILES string of the molecule is CN1C(=O)C2C(=NC(N/N=C/c3ccccc3Cl)=[N+]2Cc2ccccc2)N(C)C1=O. The fourth-order valence-corrected chi connectivity index (χ4v) is 3.56. The number of carbonyl (C=O) groups excluding carboxylic acids is 2. The predicted molar refractivity (Wildman–Crippen MR) is 115 cm³/mol. The molecule has 152 valence electrons. The van der Waals surface area contributed by atoms with Crippen LogP contribution in [0.2, 0.25) is 5.02 Å². The van der Waals surface area contributed by atoms with Gasteiger partial charge in [0.1, 0.15) is 0 Å². The number of likely N-dealkylation sites (N-methyl/N-ethyl adjacent to an activating group) is 2. The molecule has 2 aromatic carbocycles. The quantitative estimate of drug-likeness (QED) is 0.465. The van der Waals surface area contributed by atoms with Crippen molar-refractivity contribution in [3.63, 3.8) is 0 Å². The minimum absolute atomic E-state index is 0.334. The van der Waals surface area contributed by atoms with Gasteiger partial charge in [-0.05, 0) is 11.6 Å². The summed E-state index contributed by atoms with van der Waals surface area (Å²) in [4.78, 5) is 32.3. The zero-order chi connectivity index (χ0) is 21.3. The smallest absolute Gasteiger partial charge is 0.270 e. The number of hydrogen-bond donors (Lipinski definition) is 1. The molecule has 2 aromatic rings. The van der Waals surface area contributed by atoms with Gasteiger partial charge < -0.3 is 0 Å². The summed E-state index contributed by atoms with van der Waals surface area (Å²) in [5, 5.41) is 4.82. The molecule has 1 N–H and O–H groups in total. The molecule has 1 unspecified atom stereocenters. The predicted octanol–water partition coefficient (Wildman–Crippen LogP) is 2.14. The number of aliphatic imine (C=N–C) groups is 1. The molecule has 8 nitrogen and oxygen atoms in total. The first kappa shape index (κ1) is 19.8. The molecule has 1 atom stereocenters. The lowest BCUT2D eigenvalue weighted by atomic mass is 10.1. The molecular weight excluding hydrogens is 404 g/mol. The van der Waals surface area contributed by atoms with E-state index in [1.54, 1.807) is 23.9 Å². The van der Waals surface area contributed by atoms with Gasteiger partial charge in [-0.2, -0.15) is 5.43 Å². The number of hydrazone groups is 1. The summed E-state index contributed by atoms with van der Waals surface area (Å²) in [5.41, 5.74) is 4.65. The number of guanidine groups is 1. The normalized spacial score (nSPS) is 18.9. The lowest BCUT2D eigenvalue weighted by Crippen LogP contribution is -2.61. The van der Waals surface area contributed by atoms with Gasteiger partial charge in [0.05, 0.1) is 12.8 Å². The number of rotatable bonds is 4. The number of nitrogens with zero attached hydrogens (tertiary/aromatic N) is 5. The van der Waals surface area contributed by atoms with E-state index in [-0.39, 0.29) is 5.91 Å². The van der Waals surface area contributed by atoms with Crippen molar-refractivity contribution in [2.45, 2.75) is 12.6 Å². The Bertz CT molecular complexity index is 1100. The number of hydrogen-bond acceptors (Lipinski definition) is 5. The van der Waals surface area contributed by atoms with E-state index >= 15 is 0 Å². The molecule has 0 bridgehead atoms. The highest BCUT2D eigenvalue weighted by Crippen LogP contribution is 2.20. The Balaban J connectivity index is 1.69. The third-order valence-corrected chi connectivity index (χ3v) is 5.34. The number of nitrogens with one attached hydrogen (secondary N) is 1. The Morgan fingerprint density at radius 2 is 1.80 bits per heavy atom. The van der Waals surface area contributed by atoms with Gasteiger partial charge in [-0.3, -0.25) is 14.6 Å². The van der Waals surface area contributed by atoms with Crippen LogP contribution in [0.1, 0.15) is 11.1 Å². The topological polar surface area (TPSA) is 80.4 Å². The zero-order valence-corrected chi connectivity index (χ0v) is 17.2. The third-order valence-electron chi connectivity index (χ3n) is 5.00. The fraction of sp³-hybridized carbons (Fsp3) is 0.190. The molecular formula is C21H20ClN6O2+. The first-order valence-corrected chi connectivity index (χ1v) is 9.70. The molecule has 0 radical (unpaired) electrons. The van der Waals surface area contributed by atoms with Crippen molar-refractivity contribution in [3.8, 4) is 0 Å². The Hall–Kier alpha value is -3.52. The van der Waals surface area contributed by atoms with Crippen LogP contribution >= 0.6 is 11.6 Å².